The van der Waals surface area contributed by atoms with Crippen LogP contribution in [0.4, 0.5) is 0 Å². The third-order valence-corrected chi connectivity index (χ3v) is 2.28. The third kappa shape index (κ3) is 2.73. The highest BCUT2D eigenvalue weighted by atomic mass is 14.1. The first kappa shape index (κ1) is 10.0. The Morgan fingerprint density at radius 1 is 1.00 bits per heavy atom. The maximum absolute atomic E-state index is 2.24. The molecule has 0 saturated carbocycles. The van der Waals surface area contributed by atoms with Gasteiger partial charge in [-0.15, -0.1) is 0 Å². The summed E-state index contributed by atoms with van der Waals surface area (Å²) in [5.41, 5.74) is 2.92. The van der Waals surface area contributed by atoms with Crippen LogP contribution in [0.3, 0.4) is 0 Å². The summed E-state index contributed by atoms with van der Waals surface area (Å²) in [5.74, 6) is 0.613. The zero-order valence-corrected chi connectivity index (χ0v) is 8.75. The standard InChI is InChI=1S/C13H18/c1-4-12-9-7-5-6-8-10-13(12)11(2)3/h5-11H,4H2,1-3H3. The summed E-state index contributed by atoms with van der Waals surface area (Å²) >= 11 is 0. The number of allylic oxidation sites excluding steroid dienone is 8. The van der Waals surface area contributed by atoms with Gasteiger partial charge in [-0.1, -0.05) is 57.2 Å². The van der Waals surface area contributed by atoms with Crippen molar-refractivity contribution in [2.75, 3.05) is 0 Å². The minimum atomic E-state index is 0.613. The van der Waals surface area contributed by atoms with E-state index in [-0.39, 0.29) is 0 Å². The Kier molecular flexibility index (Phi) is 3.75. The SMILES string of the molecule is CCC1=C(C(C)C)C=CC=CC=C1. The van der Waals surface area contributed by atoms with Gasteiger partial charge in [-0.25, -0.2) is 0 Å². The summed E-state index contributed by atoms with van der Waals surface area (Å²) in [7, 11) is 0. The molecule has 0 heterocycles. The predicted octanol–water partition coefficient (Wildman–Crippen LogP) is 4.03. The van der Waals surface area contributed by atoms with Gasteiger partial charge < -0.3 is 0 Å². The Bertz CT molecular complexity index is 272. The van der Waals surface area contributed by atoms with E-state index in [9.17, 15) is 0 Å². The molecule has 0 nitrogen and oxygen atoms in total. The van der Waals surface area contributed by atoms with Crippen molar-refractivity contribution in [1.82, 2.24) is 0 Å². The van der Waals surface area contributed by atoms with Crippen LogP contribution in [0.5, 0.6) is 0 Å². The van der Waals surface area contributed by atoms with E-state index in [1.54, 1.807) is 0 Å². The Labute approximate surface area is 81.4 Å². The van der Waals surface area contributed by atoms with Crippen LogP contribution in [0.2, 0.25) is 0 Å². The van der Waals surface area contributed by atoms with Crippen LogP contribution in [0, 0.1) is 5.92 Å². The molecule has 0 saturated heterocycles. The van der Waals surface area contributed by atoms with Crippen molar-refractivity contribution in [2.24, 2.45) is 5.92 Å². The lowest BCUT2D eigenvalue weighted by atomic mass is 9.94. The van der Waals surface area contributed by atoms with E-state index in [0.717, 1.165) is 6.42 Å². The maximum Gasteiger partial charge on any atom is -0.0216 e. The molecule has 1 aliphatic rings. The summed E-state index contributed by atoms with van der Waals surface area (Å²) in [6.07, 6.45) is 13.9. The van der Waals surface area contributed by atoms with Crippen LogP contribution in [0.15, 0.2) is 47.6 Å². The van der Waals surface area contributed by atoms with Gasteiger partial charge in [0.2, 0.25) is 0 Å². The van der Waals surface area contributed by atoms with Crippen LogP contribution >= 0.6 is 0 Å². The Morgan fingerprint density at radius 2 is 1.62 bits per heavy atom. The molecular formula is C13H18. The quantitative estimate of drug-likeness (QED) is 0.593. The lowest BCUT2D eigenvalue weighted by molar-refractivity contribution is 0.776. The number of hydrogen-bond donors (Lipinski definition) is 0. The molecule has 70 valence electrons. The monoisotopic (exact) mass is 174 g/mol. The zero-order chi connectivity index (χ0) is 9.68. The zero-order valence-electron chi connectivity index (χ0n) is 8.75. The molecule has 0 aromatic rings. The molecular weight excluding hydrogens is 156 g/mol. The minimum Gasteiger partial charge on any atom is -0.0623 e. The van der Waals surface area contributed by atoms with E-state index in [1.165, 1.54) is 11.1 Å². The molecule has 0 N–H and O–H groups in total. The molecule has 0 amide bonds. The largest absolute Gasteiger partial charge is 0.0623 e. The molecule has 0 atom stereocenters. The van der Waals surface area contributed by atoms with Gasteiger partial charge in [0.1, 0.15) is 0 Å². The lowest BCUT2D eigenvalue weighted by Crippen LogP contribution is -1.95. The van der Waals surface area contributed by atoms with Crippen molar-refractivity contribution in [3.63, 3.8) is 0 Å². The predicted molar refractivity (Wildman–Crippen MR) is 59.6 cm³/mol. The van der Waals surface area contributed by atoms with Crippen LogP contribution < -0.4 is 0 Å². The molecule has 1 aliphatic carbocycles. The Morgan fingerprint density at radius 3 is 2.15 bits per heavy atom. The fraction of sp³-hybridized carbons (Fsp3) is 0.385. The van der Waals surface area contributed by atoms with Gasteiger partial charge in [-0.05, 0) is 23.5 Å². The van der Waals surface area contributed by atoms with Gasteiger partial charge in [0, 0.05) is 0 Å². The Hall–Kier alpha value is -1.04. The highest BCUT2D eigenvalue weighted by Crippen LogP contribution is 2.21. The molecule has 0 radical (unpaired) electrons. The minimum absolute atomic E-state index is 0.613. The number of rotatable bonds is 2. The average molecular weight is 174 g/mol. The summed E-state index contributed by atoms with van der Waals surface area (Å²) in [4.78, 5) is 0. The summed E-state index contributed by atoms with van der Waals surface area (Å²) in [6.45, 7) is 6.70. The molecule has 0 fully saturated rings. The number of hydrogen-bond acceptors (Lipinski definition) is 0. The van der Waals surface area contributed by atoms with E-state index in [2.05, 4.69) is 57.2 Å². The highest BCUT2D eigenvalue weighted by Gasteiger charge is 2.04. The lowest BCUT2D eigenvalue weighted by Gasteiger charge is -2.12. The fourth-order valence-electron chi connectivity index (χ4n) is 1.55. The first-order valence-electron chi connectivity index (χ1n) is 5.00. The molecule has 0 heteroatoms. The first-order chi connectivity index (χ1) is 6.25. The van der Waals surface area contributed by atoms with Crippen LogP contribution in [-0.2, 0) is 0 Å². The van der Waals surface area contributed by atoms with Crippen molar-refractivity contribution in [3.05, 3.63) is 47.6 Å². The second kappa shape index (κ2) is 4.86. The average Bonchev–Trinajstić information content (AvgIpc) is 2.03. The van der Waals surface area contributed by atoms with Crippen LogP contribution in [-0.4, -0.2) is 0 Å². The van der Waals surface area contributed by atoms with Gasteiger partial charge >= 0.3 is 0 Å². The smallest absolute Gasteiger partial charge is 0.0216 e. The van der Waals surface area contributed by atoms with E-state index in [1.807, 2.05) is 0 Å². The van der Waals surface area contributed by atoms with Gasteiger partial charge in [0.15, 0.2) is 0 Å². The summed E-state index contributed by atoms with van der Waals surface area (Å²) in [6, 6.07) is 0. The third-order valence-electron chi connectivity index (χ3n) is 2.28. The van der Waals surface area contributed by atoms with Crippen LogP contribution in [0.1, 0.15) is 27.2 Å². The second-order valence-electron chi connectivity index (χ2n) is 3.59. The summed E-state index contributed by atoms with van der Waals surface area (Å²) in [5, 5.41) is 0. The van der Waals surface area contributed by atoms with Crippen LogP contribution in [0.25, 0.3) is 0 Å². The van der Waals surface area contributed by atoms with Gasteiger partial charge in [0.25, 0.3) is 0 Å². The molecule has 0 aromatic heterocycles. The molecule has 0 aromatic carbocycles. The molecule has 0 aliphatic heterocycles. The van der Waals surface area contributed by atoms with Crippen molar-refractivity contribution in [3.8, 4) is 0 Å². The molecule has 1 rings (SSSR count). The van der Waals surface area contributed by atoms with Gasteiger partial charge in [-0.2, -0.15) is 0 Å². The first-order valence-corrected chi connectivity index (χ1v) is 5.00. The second-order valence-corrected chi connectivity index (χ2v) is 3.59. The van der Waals surface area contributed by atoms with E-state index in [0.29, 0.717) is 5.92 Å². The van der Waals surface area contributed by atoms with E-state index < -0.39 is 0 Å². The van der Waals surface area contributed by atoms with Crippen molar-refractivity contribution >= 4 is 0 Å². The van der Waals surface area contributed by atoms with Crippen molar-refractivity contribution in [2.45, 2.75) is 27.2 Å². The van der Waals surface area contributed by atoms with E-state index in [4.69, 9.17) is 0 Å². The van der Waals surface area contributed by atoms with E-state index >= 15 is 0 Å². The Balaban J connectivity index is 3.04. The van der Waals surface area contributed by atoms with Crippen molar-refractivity contribution in [1.29, 1.82) is 0 Å². The molecule has 0 bridgehead atoms. The normalized spacial score (nSPS) is 16.6. The molecule has 0 unspecified atom stereocenters. The summed E-state index contributed by atoms with van der Waals surface area (Å²) < 4.78 is 0. The molecule has 0 spiro atoms. The maximum atomic E-state index is 2.24. The van der Waals surface area contributed by atoms with Gasteiger partial charge in [0.05, 0.1) is 0 Å². The van der Waals surface area contributed by atoms with Gasteiger partial charge in [-0.3, -0.25) is 0 Å². The van der Waals surface area contributed by atoms with Crippen molar-refractivity contribution < 1.29 is 0 Å². The highest BCUT2D eigenvalue weighted by molar-refractivity contribution is 5.38. The molecule has 13 heavy (non-hydrogen) atoms. The topological polar surface area (TPSA) is 0 Å². The fourth-order valence-corrected chi connectivity index (χ4v) is 1.55.